The van der Waals surface area contributed by atoms with Gasteiger partial charge in [0.2, 0.25) is 0 Å². The summed E-state index contributed by atoms with van der Waals surface area (Å²) in [5.74, 6) is 0. The lowest BCUT2D eigenvalue weighted by molar-refractivity contribution is -0.139. The monoisotopic (exact) mass is 190 g/mol. The Morgan fingerprint density at radius 3 is 2.38 bits per heavy atom. The zero-order chi connectivity index (χ0) is 9.68. The Hall–Kier alpha value is -0.850. The highest BCUT2D eigenvalue weighted by molar-refractivity contribution is 5.56. The van der Waals surface area contributed by atoms with E-state index in [0.717, 1.165) is 13.1 Å². The third kappa shape index (κ3) is 3.58. The molecule has 0 aliphatic carbocycles. The van der Waals surface area contributed by atoms with Crippen LogP contribution >= 0.6 is 0 Å². The molecule has 0 aromatic heterocycles. The second kappa shape index (κ2) is 5.00. The molecule has 1 rings (SSSR count). The number of carboxylic acid groups (broad SMARTS) is 1. The summed E-state index contributed by atoms with van der Waals surface area (Å²) in [5, 5.41) is 18.4. The van der Waals surface area contributed by atoms with Gasteiger partial charge in [0.1, 0.15) is 0 Å². The molecule has 0 amide bonds. The van der Waals surface area contributed by atoms with Crippen LogP contribution in [0, 0.1) is 0 Å². The summed E-state index contributed by atoms with van der Waals surface area (Å²) in [7, 11) is 0. The molecule has 0 bridgehead atoms. The molecule has 0 unspecified atom stereocenters. The maximum atomic E-state index is 10.2. The largest absolute Gasteiger partial charge is 0.525 e. The highest BCUT2D eigenvalue weighted by atomic mass is 16.8. The molecule has 1 saturated heterocycles. The summed E-state index contributed by atoms with van der Waals surface area (Å²) in [4.78, 5) is 16.7. The fourth-order valence-corrected chi connectivity index (χ4v) is 1.30. The highest BCUT2D eigenvalue weighted by Gasteiger charge is 2.18. The van der Waals surface area contributed by atoms with Gasteiger partial charge in [0.05, 0.1) is 6.61 Å². The zero-order valence-corrected chi connectivity index (χ0v) is 7.35. The van der Waals surface area contributed by atoms with Gasteiger partial charge in [-0.25, -0.2) is 4.79 Å². The van der Waals surface area contributed by atoms with Crippen LogP contribution in [0.5, 0.6) is 0 Å². The molecule has 0 atom stereocenters. The number of rotatable bonds is 3. The van der Waals surface area contributed by atoms with E-state index in [2.05, 4.69) is 9.74 Å². The maximum absolute atomic E-state index is 10.2. The van der Waals surface area contributed by atoms with Crippen molar-refractivity contribution >= 4 is 6.16 Å². The number of carbonyl (C=O) groups is 1. The summed E-state index contributed by atoms with van der Waals surface area (Å²) in [5.41, 5.74) is 0. The Kier molecular flexibility index (Phi) is 3.94. The number of piperazine rings is 1. The Labute approximate surface area is 76.3 Å². The van der Waals surface area contributed by atoms with Crippen LogP contribution in [-0.4, -0.2) is 65.7 Å². The lowest BCUT2D eigenvalue weighted by atomic mass is 10.3. The molecule has 0 aromatic carbocycles. The van der Waals surface area contributed by atoms with Crippen LogP contribution in [0.2, 0.25) is 0 Å². The van der Waals surface area contributed by atoms with E-state index in [0.29, 0.717) is 19.6 Å². The van der Waals surface area contributed by atoms with E-state index in [4.69, 9.17) is 10.2 Å². The van der Waals surface area contributed by atoms with Gasteiger partial charge in [0.25, 0.3) is 0 Å². The van der Waals surface area contributed by atoms with Crippen LogP contribution in [0.4, 0.5) is 4.79 Å². The first-order chi connectivity index (χ1) is 6.22. The SMILES string of the molecule is O=C(O)ON1CCN(CCO)CC1. The third-order valence-electron chi connectivity index (χ3n) is 1.95. The van der Waals surface area contributed by atoms with Gasteiger partial charge in [-0.05, 0) is 0 Å². The molecule has 76 valence electrons. The van der Waals surface area contributed by atoms with Crippen LogP contribution in [0.1, 0.15) is 0 Å². The van der Waals surface area contributed by atoms with Crippen molar-refractivity contribution in [3.63, 3.8) is 0 Å². The molecule has 6 heteroatoms. The normalized spacial score (nSPS) is 20.1. The molecule has 1 aliphatic rings. The van der Waals surface area contributed by atoms with Crippen molar-refractivity contribution in [3.05, 3.63) is 0 Å². The average molecular weight is 190 g/mol. The van der Waals surface area contributed by atoms with Crippen LogP contribution in [0.25, 0.3) is 0 Å². The van der Waals surface area contributed by atoms with E-state index in [-0.39, 0.29) is 6.61 Å². The standard InChI is InChI=1S/C7H14N2O4/c10-6-5-8-1-3-9(4-2-8)13-7(11)12/h10H,1-6H2,(H,11,12). The first-order valence-corrected chi connectivity index (χ1v) is 4.21. The molecule has 1 fully saturated rings. The minimum atomic E-state index is -1.27. The molecule has 13 heavy (non-hydrogen) atoms. The summed E-state index contributed by atoms with van der Waals surface area (Å²) in [6, 6.07) is 0. The minimum absolute atomic E-state index is 0.139. The number of nitrogens with zero attached hydrogens (tertiary/aromatic N) is 2. The minimum Gasteiger partial charge on any atom is -0.448 e. The van der Waals surface area contributed by atoms with Crippen LogP contribution < -0.4 is 0 Å². The van der Waals surface area contributed by atoms with Gasteiger partial charge >= 0.3 is 6.16 Å². The van der Waals surface area contributed by atoms with Gasteiger partial charge in [0.15, 0.2) is 0 Å². The predicted molar refractivity (Wildman–Crippen MR) is 44.2 cm³/mol. The molecule has 1 aliphatic heterocycles. The first kappa shape index (κ1) is 10.2. The van der Waals surface area contributed by atoms with Gasteiger partial charge in [0, 0.05) is 32.7 Å². The van der Waals surface area contributed by atoms with E-state index in [1.807, 2.05) is 0 Å². The van der Waals surface area contributed by atoms with Gasteiger partial charge in [-0.15, -0.1) is 5.06 Å². The van der Waals surface area contributed by atoms with E-state index in [9.17, 15) is 4.79 Å². The summed E-state index contributed by atoms with van der Waals surface area (Å²) in [6.45, 7) is 3.36. The van der Waals surface area contributed by atoms with Gasteiger partial charge < -0.3 is 15.1 Å². The van der Waals surface area contributed by atoms with Crippen LogP contribution in [-0.2, 0) is 4.84 Å². The smallest absolute Gasteiger partial charge is 0.448 e. The number of aliphatic hydroxyl groups is 1. The van der Waals surface area contributed by atoms with Crippen molar-refractivity contribution in [1.82, 2.24) is 9.96 Å². The molecule has 0 radical (unpaired) electrons. The quantitative estimate of drug-likeness (QED) is 0.607. The van der Waals surface area contributed by atoms with E-state index >= 15 is 0 Å². The third-order valence-corrected chi connectivity index (χ3v) is 1.95. The number of hydrogen-bond donors (Lipinski definition) is 2. The van der Waals surface area contributed by atoms with Gasteiger partial charge in [-0.2, -0.15) is 0 Å². The van der Waals surface area contributed by atoms with Crippen molar-refractivity contribution < 1.29 is 19.8 Å². The van der Waals surface area contributed by atoms with E-state index in [1.54, 1.807) is 0 Å². The molecule has 0 spiro atoms. The zero-order valence-electron chi connectivity index (χ0n) is 7.35. The fraction of sp³-hybridized carbons (Fsp3) is 0.857. The number of hydrogen-bond acceptors (Lipinski definition) is 5. The second-order valence-corrected chi connectivity index (χ2v) is 2.85. The van der Waals surface area contributed by atoms with Gasteiger partial charge in [-0.1, -0.05) is 0 Å². The van der Waals surface area contributed by atoms with Crippen LogP contribution in [0.15, 0.2) is 0 Å². The Morgan fingerprint density at radius 2 is 1.92 bits per heavy atom. The number of aliphatic hydroxyl groups excluding tert-OH is 1. The van der Waals surface area contributed by atoms with E-state index in [1.165, 1.54) is 5.06 Å². The topological polar surface area (TPSA) is 73.2 Å². The van der Waals surface area contributed by atoms with Crippen molar-refractivity contribution in [2.24, 2.45) is 0 Å². The lowest BCUT2D eigenvalue weighted by Gasteiger charge is -2.31. The molecule has 0 saturated carbocycles. The summed E-state index contributed by atoms with van der Waals surface area (Å²) >= 11 is 0. The van der Waals surface area contributed by atoms with Crippen LogP contribution in [0.3, 0.4) is 0 Å². The summed E-state index contributed by atoms with van der Waals surface area (Å²) in [6.07, 6.45) is -1.27. The second-order valence-electron chi connectivity index (χ2n) is 2.85. The summed E-state index contributed by atoms with van der Waals surface area (Å²) < 4.78 is 0. The Balaban J connectivity index is 2.18. The first-order valence-electron chi connectivity index (χ1n) is 4.21. The molecule has 1 heterocycles. The van der Waals surface area contributed by atoms with Crippen molar-refractivity contribution in [2.45, 2.75) is 0 Å². The molecule has 0 aromatic rings. The molecule has 6 nitrogen and oxygen atoms in total. The number of hydroxylamine groups is 2. The maximum Gasteiger partial charge on any atom is 0.525 e. The molecule has 2 N–H and O–H groups in total. The van der Waals surface area contributed by atoms with Crippen molar-refractivity contribution in [3.8, 4) is 0 Å². The van der Waals surface area contributed by atoms with Crippen molar-refractivity contribution in [1.29, 1.82) is 0 Å². The van der Waals surface area contributed by atoms with Gasteiger partial charge in [-0.3, -0.25) is 4.90 Å². The fourth-order valence-electron chi connectivity index (χ4n) is 1.30. The number of β-amino-alcohol motifs (C(OH)–C–C–N with tert-alkyl or cyclic N) is 1. The highest BCUT2D eigenvalue weighted by Crippen LogP contribution is 2.01. The molecular weight excluding hydrogens is 176 g/mol. The lowest BCUT2D eigenvalue weighted by Crippen LogP contribution is -2.47. The van der Waals surface area contributed by atoms with Crippen molar-refractivity contribution in [2.75, 3.05) is 39.3 Å². The Bertz CT molecular complexity index is 168. The average Bonchev–Trinajstić information content (AvgIpc) is 2.08. The predicted octanol–water partition coefficient (Wildman–Crippen LogP) is -0.794. The molecular formula is C7H14N2O4. The van der Waals surface area contributed by atoms with E-state index < -0.39 is 6.16 Å². The Morgan fingerprint density at radius 1 is 1.31 bits per heavy atom.